The van der Waals surface area contributed by atoms with Crippen molar-refractivity contribution in [1.82, 2.24) is 24.8 Å². The number of alkyl halides is 6. The SMILES string of the molecule is COc1ccc(-n2cc(-c3ccc(-n4nc(C(F)(F)F)cc4C(F)(F)F)cc3)nn2)cc1OC. The molecule has 34 heavy (non-hydrogen) atoms. The third-order valence-electron chi connectivity index (χ3n) is 4.82. The minimum absolute atomic E-state index is 0.0252. The molecule has 0 aliphatic rings. The monoisotopic (exact) mass is 483 g/mol. The van der Waals surface area contributed by atoms with Gasteiger partial charge in [0, 0.05) is 17.7 Å². The van der Waals surface area contributed by atoms with Gasteiger partial charge in [0.15, 0.2) is 17.2 Å². The summed E-state index contributed by atoms with van der Waals surface area (Å²) in [5, 5.41) is 11.2. The van der Waals surface area contributed by atoms with Crippen LogP contribution >= 0.6 is 0 Å². The highest BCUT2D eigenvalue weighted by molar-refractivity contribution is 5.60. The topological polar surface area (TPSA) is 67.0 Å². The van der Waals surface area contributed by atoms with Gasteiger partial charge in [0.2, 0.25) is 0 Å². The Hall–Kier alpha value is -4.03. The third-order valence-corrected chi connectivity index (χ3v) is 4.82. The highest BCUT2D eigenvalue weighted by Crippen LogP contribution is 2.36. The summed E-state index contributed by atoms with van der Waals surface area (Å²) in [6, 6.07) is 10.3. The highest BCUT2D eigenvalue weighted by atomic mass is 19.4. The normalized spacial score (nSPS) is 12.1. The average Bonchev–Trinajstić information content (AvgIpc) is 3.46. The zero-order chi connectivity index (χ0) is 24.7. The van der Waals surface area contributed by atoms with Crippen LogP contribution in [-0.4, -0.2) is 39.0 Å². The first-order valence-electron chi connectivity index (χ1n) is 9.51. The zero-order valence-corrected chi connectivity index (χ0v) is 17.5. The zero-order valence-electron chi connectivity index (χ0n) is 17.5. The summed E-state index contributed by atoms with van der Waals surface area (Å²) in [6.07, 6.45) is -8.47. The summed E-state index contributed by atoms with van der Waals surface area (Å²) in [5.74, 6) is 0.993. The van der Waals surface area contributed by atoms with E-state index < -0.39 is 23.7 Å². The van der Waals surface area contributed by atoms with E-state index in [0.717, 1.165) is 0 Å². The fourth-order valence-electron chi connectivity index (χ4n) is 3.18. The lowest BCUT2D eigenvalue weighted by atomic mass is 10.1. The van der Waals surface area contributed by atoms with Gasteiger partial charge in [-0.3, -0.25) is 0 Å². The summed E-state index contributed by atoms with van der Waals surface area (Å²) < 4.78 is 90.7. The fourth-order valence-corrected chi connectivity index (χ4v) is 3.18. The number of methoxy groups -OCH3 is 2. The van der Waals surface area contributed by atoms with E-state index in [9.17, 15) is 26.3 Å². The molecule has 0 unspecified atom stereocenters. The molecule has 0 N–H and O–H groups in total. The lowest BCUT2D eigenvalue weighted by Gasteiger charge is -2.10. The van der Waals surface area contributed by atoms with E-state index >= 15 is 0 Å². The second-order valence-corrected chi connectivity index (χ2v) is 6.96. The summed E-state index contributed by atoms with van der Waals surface area (Å²) in [4.78, 5) is 0. The van der Waals surface area contributed by atoms with E-state index in [1.807, 2.05) is 0 Å². The Labute approximate surface area is 188 Å². The first-order valence-corrected chi connectivity index (χ1v) is 9.51. The van der Waals surface area contributed by atoms with Crippen molar-refractivity contribution < 1.29 is 35.8 Å². The Balaban J connectivity index is 1.65. The minimum atomic E-state index is -5.03. The van der Waals surface area contributed by atoms with Crippen molar-refractivity contribution in [3.05, 3.63) is 66.1 Å². The van der Waals surface area contributed by atoms with Gasteiger partial charge in [0.25, 0.3) is 0 Å². The van der Waals surface area contributed by atoms with Gasteiger partial charge in [-0.05, 0) is 24.3 Å². The molecule has 7 nitrogen and oxygen atoms in total. The van der Waals surface area contributed by atoms with Crippen LogP contribution in [0, 0.1) is 0 Å². The van der Waals surface area contributed by atoms with Crippen LogP contribution in [0.5, 0.6) is 11.5 Å². The molecule has 2 heterocycles. The molecular weight excluding hydrogens is 468 g/mol. The fraction of sp³-hybridized carbons (Fsp3) is 0.190. The van der Waals surface area contributed by atoms with Crippen molar-refractivity contribution in [1.29, 1.82) is 0 Å². The third kappa shape index (κ3) is 4.40. The van der Waals surface area contributed by atoms with Gasteiger partial charge in [-0.15, -0.1) is 5.10 Å². The van der Waals surface area contributed by atoms with Gasteiger partial charge in [-0.2, -0.15) is 31.4 Å². The smallest absolute Gasteiger partial charge is 0.435 e. The van der Waals surface area contributed by atoms with Crippen LogP contribution in [0.4, 0.5) is 26.3 Å². The number of ether oxygens (including phenoxy) is 2. The number of halogens is 6. The Morgan fingerprint density at radius 1 is 0.765 bits per heavy atom. The molecule has 0 amide bonds. The van der Waals surface area contributed by atoms with Crippen molar-refractivity contribution in [3.63, 3.8) is 0 Å². The van der Waals surface area contributed by atoms with E-state index in [2.05, 4.69) is 15.4 Å². The van der Waals surface area contributed by atoms with E-state index in [-0.39, 0.29) is 16.4 Å². The maximum atomic E-state index is 13.3. The van der Waals surface area contributed by atoms with Crippen molar-refractivity contribution in [3.8, 4) is 34.1 Å². The van der Waals surface area contributed by atoms with Crippen LogP contribution in [0.3, 0.4) is 0 Å². The Bertz CT molecular complexity index is 1310. The average molecular weight is 483 g/mol. The van der Waals surface area contributed by atoms with Crippen LogP contribution in [0.2, 0.25) is 0 Å². The van der Waals surface area contributed by atoms with Crippen LogP contribution in [0.25, 0.3) is 22.6 Å². The summed E-state index contributed by atoms with van der Waals surface area (Å²) >= 11 is 0. The first kappa shape index (κ1) is 23.1. The van der Waals surface area contributed by atoms with Gasteiger partial charge in [0.05, 0.1) is 31.8 Å². The van der Waals surface area contributed by atoms with Gasteiger partial charge < -0.3 is 9.47 Å². The van der Waals surface area contributed by atoms with Crippen LogP contribution in [-0.2, 0) is 12.4 Å². The summed E-state index contributed by atoms with van der Waals surface area (Å²) in [7, 11) is 2.98. The maximum Gasteiger partial charge on any atom is 0.435 e. The predicted molar refractivity (Wildman–Crippen MR) is 107 cm³/mol. The van der Waals surface area contributed by atoms with Gasteiger partial charge >= 0.3 is 12.4 Å². The first-order chi connectivity index (χ1) is 16.0. The van der Waals surface area contributed by atoms with Crippen LogP contribution in [0.1, 0.15) is 11.4 Å². The second kappa shape index (κ2) is 8.39. The Morgan fingerprint density at radius 3 is 2.00 bits per heavy atom. The second-order valence-electron chi connectivity index (χ2n) is 6.96. The van der Waals surface area contributed by atoms with Crippen molar-refractivity contribution in [2.24, 2.45) is 0 Å². The van der Waals surface area contributed by atoms with Crippen LogP contribution in [0.15, 0.2) is 54.7 Å². The number of hydrogen-bond donors (Lipinski definition) is 0. The van der Waals surface area contributed by atoms with Crippen LogP contribution < -0.4 is 9.47 Å². The molecule has 13 heteroatoms. The number of aromatic nitrogens is 5. The van der Waals surface area contributed by atoms with E-state index in [1.165, 1.54) is 43.2 Å². The summed E-state index contributed by atoms with van der Waals surface area (Å²) in [6.45, 7) is 0. The predicted octanol–water partition coefficient (Wildman–Crippen LogP) is 5.17. The Kier molecular flexibility index (Phi) is 5.71. The molecule has 0 saturated carbocycles. The standard InChI is InChI=1S/C21H15F6N5O2/c1-33-16-8-7-14(9-17(16)34-2)31-11-15(28-30-31)12-3-5-13(6-4-12)32-19(21(25,26)27)10-18(29-32)20(22,23)24/h3-11H,1-2H3. The number of nitrogens with zero attached hydrogens (tertiary/aromatic N) is 5. The highest BCUT2D eigenvalue weighted by Gasteiger charge is 2.42. The molecular formula is C21H15F6N5O2. The number of benzene rings is 2. The molecule has 4 aromatic rings. The maximum absolute atomic E-state index is 13.3. The number of rotatable bonds is 5. The Morgan fingerprint density at radius 2 is 1.41 bits per heavy atom. The molecule has 2 aromatic carbocycles. The van der Waals surface area contributed by atoms with E-state index in [0.29, 0.717) is 28.4 Å². The molecule has 2 aromatic heterocycles. The largest absolute Gasteiger partial charge is 0.493 e. The molecule has 0 aliphatic heterocycles. The van der Waals surface area contributed by atoms with Gasteiger partial charge in [-0.25, -0.2) is 9.36 Å². The summed E-state index contributed by atoms with van der Waals surface area (Å²) in [5.41, 5.74) is -1.90. The van der Waals surface area contributed by atoms with Gasteiger partial charge in [0.1, 0.15) is 11.4 Å². The lowest BCUT2D eigenvalue weighted by Crippen LogP contribution is -2.13. The molecule has 0 radical (unpaired) electrons. The molecule has 0 atom stereocenters. The molecule has 178 valence electrons. The van der Waals surface area contributed by atoms with Crippen molar-refractivity contribution >= 4 is 0 Å². The minimum Gasteiger partial charge on any atom is -0.493 e. The van der Waals surface area contributed by atoms with E-state index in [1.54, 1.807) is 24.4 Å². The molecule has 0 fully saturated rings. The van der Waals surface area contributed by atoms with E-state index in [4.69, 9.17) is 9.47 Å². The van der Waals surface area contributed by atoms with Gasteiger partial charge in [-0.1, -0.05) is 17.3 Å². The molecule has 0 spiro atoms. The number of hydrogen-bond acceptors (Lipinski definition) is 5. The quantitative estimate of drug-likeness (QED) is 0.366. The van der Waals surface area contributed by atoms with Crippen molar-refractivity contribution in [2.45, 2.75) is 12.4 Å². The van der Waals surface area contributed by atoms with Crippen molar-refractivity contribution in [2.75, 3.05) is 14.2 Å². The molecule has 0 bridgehead atoms. The lowest BCUT2D eigenvalue weighted by molar-refractivity contribution is -0.143. The molecule has 0 saturated heterocycles. The molecule has 4 rings (SSSR count). The molecule has 0 aliphatic carbocycles.